The number of benzene rings is 2. The summed E-state index contributed by atoms with van der Waals surface area (Å²) in [5, 5.41) is 9.68. The molecule has 0 aliphatic heterocycles. The van der Waals surface area contributed by atoms with Gasteiger partial charge in [0.2, 0.25) is 5.78 Å². The summed E-state index contributed by atoms with van der Waals surface area (Å²) in [5.41, 5.74) is 1.66. The normalized spacial score (nSPS) is 10.5. The van der Waals surface area contributed by atoms with Crippen molar-refractivity contribution in [3.05, 3.63) is 65.9 Å². The van der Waals surface area contributed by atoms with Gasteiger partial charge in [-0.3, -0.25) is 4.79 Å². The molecule has 3 rings (SSSR count). The highest BCUT2D eigenvalue weighted by Crippen LogP contribution is 2.19. The Morgan fingerprint density at radius 3 is 2.50 bits per heavy atom. The summed E-state index contributed by atoms with van der Waals surface area (Å²) in [6, 6.07) is 13.5. The highest BCUT2D eigenvalue weighted by atomic mass is 16.5. The monoisotopic (exact) mass is 295 g/mol. The van der Waals surface area contributed by atoms with Crippen molar-refractivity contribution in [1.82, 2.24) is 4.98 Å². The van der Waals surface area contributed by atoms with Crippen molar-refractivity contribution in [1.29, 1.82) is 0 Å². The highest BCUT2D eigenvalue weighted by molar-refractivity contribution is 6.08. The number of nitrogens with one attached hydrogen (secondary N) is 1. The number of aromatic nitrogens is 1. The SMILES string of the molecule is O=C(O)c1ccc(OCC(=O)c2c[nH]c3ccccc23)cc1. The van der Waals surface area contributed by atoms with Crippen molar-refractivity contribution < 1.29 is 19.4 Å². The quantitative estimate of drug-likeness (QED) is 0.709. The molecular formula is C17H13NO4. The largest absolute Gasteiger partial charge is 0.485 e. The first-order valence-electron chi connectivity index (χ1n) is 6.70. The molecule has 5 heteroatoms. The zero-order valence-electron chi connectivity index (χ0n) is 11.6. The molecule has 0 radical (unpaired) electrons. The van der Waals surface area contributed by atoms with E-state index in [-0.39, 0.29) is 18.0 Å². The van der Waals surface area contributed by atoms with Gasteiger partial charge in [0.15, 0.2) is 6.61 Å². The fourth-order valence-electron chi connectivity index (χ4n) is 2.22. The van der Waals surface area contributed by atoms with Crippen molar-refractivity contribution in [3.63, 3.8) is 0 Å². The highest BCUT2D eigenvalue weighted by Gasteiger charge is 2.12. The fraction of sp³-hybridized carbons (Fsp3) is 0.0588. The van der Waals surface area contributed by atoms with Gasteiger partial charge in [-0.25, -0.2) is 4.79 Å². The van der Waals surface area contributed by atoms with Crippen molar-refractivity contribution in [3.8, 4) is 5.75 Å². The lowest BCUT2D eigenvalue weighted by atomic mass is 10.1. The number of hydrogen-bond donors (Lipinski definition) is 2. The lowest BCUT2D eigenvalue weighted by Gasteiger charge is -2.05. The van der Waals surface area contributed by atoms with Crippen LogP contribution in [0.25, 0.3) is 10.9 Å². The molecule has 0 saturated heterocycles. The number of hydrogen-bond acceptors (Lipinski definition) is 3. The summed E-state index contributed by atoms with van der Waals surface area (Å²) in [6.45, 7) is -0.103. The molecule has 0 aliphatic carbocycles. The molecule has 3 aromatic rings. The van der Waals surface area contributed by atoms with E-state index in [1.165, 1.54) is 24.3 Å². The van der Waals surface area contributed by atoms with Gasteiger partial charge in [-0.15, -0.1) is 0 Å². The van der Waals surface area contributed by atoms with Gasteiger partial charge >= 0.3 is 5.97 Å². The van der Waals surface area contributed by atoms with E-state index in [0.717, 1.165) is 10.9 Å². The fourth-order valence-corrected chi connectivity index (χ4v) is 2.22. The van der Waals surface area contributed by atoms with Crippen LogP contribution < -0.4 is 4.74 Å². The van der Waals surface area contributed by atoms with Crippen LogP contribution in [0.3, 0.4) is 0 Å². The van der Waals surface area contributed by atoms with E-state index in [2.05, 4.69) is 4.98 Å². The summed E-state index contributed by atoms with van der Waals surface area (Å²) in [6.07, 6.45) is 1.67. The number of ketones is 1. The third kappa shape index (κ3) is 2.69. The second kappa shape index (κ2) is 5.73. The average Bonchev–Trinajstić information content (AvgIpc) is 2.97. The number of fused-ring (bicyclic) bond motifs is 1. The molecule has 0 unspecified atom stereocenters. The van der Waals surface area contributed by atoms with Crippen LogP contribution in [0.4, 0.5) is 0 Å². The van der Waals surface area contributed by atoms with Gasteiger partial charge in [0.1, 0.15) is 5.75 Å². The van der Waals surface area contributed by atoms with Crippen LogP contribution in [0.5, 0.6) is 5.75 Å². The number of carbonyl (C=O) groups is 2. The van der Waals surface area contributed by atoms with Crippen LogP contribution >= 0.6 is 0 Å². The summed E-state index contributed by atoms with van der Waals surface area (Å²) in [4.78, 5) is 26.0. The summed E-state index contributed by atoms with van der Waals surface area (Å²) in [7, 11) is 0. The molecule has 0 atom stereocenters. The van der Waals surface area contributed by atoms with Crippen LogP contribution in [-0.4, -0.2) is 28.4 Å². The van der Waals surface area contributed by atoms with Crippen molar-refractivity contribution >= 4 is 22.7 Å². The average molecular weight is 295 g/mol. The third-order valence-corrected chi connectivity index (χ3v) is 3.36. The lowest BCUT2D eigenvalue weighted by Crippen LogP contribution is -2.11. The molecule has 110 valence electrons. The molecule has 5 nitrogen and oxygen atoms in total. The molecule has 0 aliphatic rings. The number of Topliss-reactive ketones (excluding diaryl/α,β-unsaturated/α-hetero) is 1. The standard InChI is InChI=1S/C17H13NO4/c19-16(14-9-18-15-4-2-1-3-13(14)15)10-22-12-7-5-11(6-8-12)17(20)21/h1-9,18H,10H2,(H,20,21). The van der Waals surface area contributed by atoms with E-state index in [0.29, 0.717) is 11.3 Å². The Hall–Kier alpha value is -3.08. The topological polar surface area (TPSA) is 79.4 Å². The van der Waals surface area contributed by atoms with E-state index in [9.17, 15) is 9.59 Å². The second-order valence-electron chi connectivity index (χ2n) is 4.79. The molecular weight excluding hydrogens is 282 g/mol. The maximum Gasteiger partial charge on any atom is 0.335 e. The number of aromatic amines is 1. The predicted molar refractivity (Wildman–Crippen MR) is 81.5 cm³/mol. The van der Waals surface area contributed by atoms with Gasteiger partial charge in [-0.2, -0.15) is 0 Å². The number of carboxylic acids is 1. The number of aromatic carboxylic acids is 1. The Labute approximate surface area is 126 Å². The van der Waals surface area contributed by atoms with Crippen LogP contribution in [0.15, 0.2) is 54.7 Å². The smallest absolute Gasteiger partial charge is 0.335 e. The Balaban J connectivity index is 1.71. The van der Waals surface area contributed by atoms with Gasteiger partial charge in [0.05, 0.1) is 5.56 Å². The Bertz CT molecular complexity index is 833. The van der Waals surface area contributed by atoms with Crippen LogP contribution in [0.2, 0.25) is 0 Å². The molecule has 0 bridgehead atoms. The summed E-state index contributed by atoms with van der Waals surface area (Å²) < 4.78 is 5.42. The summed E-state index contributed by atoms with van der Waals surface area (Å²) >= 11 is 0. The first-order valence-corrected chi connectivity index (χ1v) is 6.70. The third-order valence-electron chi connectivity index (χ3n) is 3.36. The molecule has 22 heavy (non-hydrogen) atoms. The first kappa shape index (κ1) is 13.9. The van der Waals surface area contributed by atoms with E-state index in [1.54, 1.807) is 6.20 Å². The van der Waals surface area contributed by atoms with Crippen LogP contribution in [-0.2, 0) is 0 Å². The molecule has 0 saturated carbocycles. The van der Waals surface area contributed by atoms with Gasteiger partial charge < -0.3 is 14.8 Å². The number of rotatable bonds is 5. The van der Waals surface area contributed by atoms with Crippen molar-refractivity contribution in [2.75, 3.05) is 6.61 Å². The molecule has 0 spiro atoms. The zero-order valence-corrected chi connectivity index (χ0v) is 11.6. The molecule has 2 aromatic carbocycles. The number of ether oxygens (including phenoxy) is 1. The molecule has 0 fully saturated rings. The maximum absolute atomic E-state index is 12.2. The zero-order chi connectivity index (χ0) is 15.5. The lowest BCUT2D eigenvalue weighted by molar-refractivity contribution is 0.0696. The van der Waals surface area contributed by atoms with Crippen molar-refractivity contribution in [2.45, 2.75) is 0 Å². The van der Waals surface area contributed by atoms with E-state index in [1.807, 2.05) is 24.3 Å². The minimum Gasteiger partial charge on any atom is -0.485 e. The number of carbonyl (C=O) groups excluding carboxylic acids is 1. The Morgan fingerprint density at radius 1 is 1.05 bits per heavy atom. The van der Waals surface area contributed by atoms with Gasteiger partial charge in [0, 0.05) is 22.7 Å². The van der Waals surface area contributed by atoms with Crippen molar-refractivity contribution in [2.24, 2.45) is 0 Å². The van der Waals surface area contributed by atoms with Gasteiger partial charge in [0.25, 0.3) is 0 Å². The number of carboxylic acid groups (broad SMARTS) is 1. The molecule has 1 heterocycles. The Morgan fingerprint density at radius 2 is 1.77 bits per heavy atom. The minimum atomic E-state index is -0.999. The first-order chi connectivity index (χ1) is 10.6. The number of para-hydroxylation sites is 1. The maximum atomic E-state index is 12.2. The number of H-pyrrole nitrogens is 1. The summed E-state index contributed by atoms with van der Waals surface area (Å²) in [5.74, 6) is -0.681. The molecule has 2 N–H and O–H groups in total. The second-order valence-corrected chi connectivity index (χ2v) is 4.79. The molecule has 1 aromatic heterocycles. The molecule has 0 amide bonds. The van der Waals surface area contributed by atoms with Crippen LogP contribution in [0.1, 0.15) is 20.7 Å². The van der Waals surface area contributed by atoms with Crippen LogP contribution in [0, 0.1) is 0 Å². The Kier molecular flexibility index (Phi) is 3.62. The van der Waals surface area contributed by atoms with E-state index >= 15 is 0 Å². The van der Waals surface area contributed by atoms with Gasteiger partial charge in [-0.1, -0.05) is 18.2 Å². The van der Waals surface area contributed by atoms with Gasteiger partial charge in [-0.05, 0) is 30.3 Å². The predicted octanol–water partition coefficient (Wildman–Crippen LogP) is 3.13. The van der Waals surface area contributed by atoms with E-state index < -0.39 is 5.97 Å². The van der Waals surface area contributed by atoms with E-state index in [4.69, 9.17) is 9.84 Å². The minimum absolute atomic E-state index is 0.103.